The van der Waals surface area contributed by atoms with Gasteiger partial charge in [-0.1, -0.05) is 103 Å². The van der Waals surface area contributed by atoms with Gasteiger partial charge in [0.25, 0.3) is 0 Å². The summed E-state index contributed by atoms with van der Waals surface area (Å²) in [5.74, 6) is 0.634. The van der Waals surface area contributed by atoms with E-state index in [0.29, 0.717) is 22.7 Å². The molecule has 4 heterocycles. The second-order valence-corrected chi connectivity index (χ2v) is 14.5. The maximum absolute atomic E-state index is 11.1. The molecule has 6 heteroatoms. The van der Waals surface area contributed by atoms with Crippen LogP contribution in [0.1, 0.15) is 22.5 Å². The van der Waals surface area contributed by atoms with Crippen molar-refractivity contribution in [3.05, 3.63) is 162 Å². The smallest absolute Gasteiger partial charge is 0.165 e. The summed E-state index contributed by atoms with van der Waals surface area (Å²) < 4.78 is 4.54. The van der Waals surface area contributed by atoms with E-state index < -0.39 is 0 Å². The van der Waals surface area contributed by atoms with E-state index in [-0.39, 0.29) is 0 Å². The van der Waals surface area contributed by atoms with Gasteiger partial charge in [0.1, 0.15) is 11.9 Å². The van der Waals surface area contributed by atoms with Gasteiger partial charge in [-0.3, -0.25) is 0 Å². The van der Waals surface area contributed by atoms with Gasteiger partial charge < -0.3 is 8.97 Å². The second kappa shape index (κ2) is 11.6. The monoisotopic (exact) mass is 704 g/mol. The Hall–Kier alpha value is -7.36. The Bertz CT molecular complexity index is 3490. The fourth-order valence-corrected chi connectivity index (χ4v) is 8.72. The predicted molar refractivity (Wildman–Crippen MR) is 225 cm³/mol. The van der Waals surface area contributed by atoms with Crippen LogP contribution >= 0.6 is 0 Å². The molecule has 11 aromatic rings. The molecule has 0 amide bonds. The molecular weight excluding hydrogens is 673 g/mol. The maximum atomic E-state index is 11.1. The number of hydrogen-bond donors (Lipinski definition) is 0. The SMILES string of the molecule is Cc1nc2nc(n1)c1cc(-n3c4ccccc4c4ccc(-c5ccccc5C)cc43)c(C#N)cc1n1c3cc(-c4ccccc4C)ccc3c3ccc2cc31. The van der Waals surface area contributed by atoms with Crippen LogP contribution < -0.4 is 0 Å². The molecule has 0 aliphatic rings. The van der Waals surface area contributed by atoms with Crippen LogP contribution in [0, 0.1) is 32.1 Å². The van der Waals surface area contributed by atoms with Gasteiger partial charge in [0.15, 0.2) is 11.3 Å². The second-order valence-electron chi connectivity index (χ2n) is 14.5. The van der Waals surface area contributed by atoms with E-state index in [1.165, 1.54) is 22.3 Å². The summed E-state index contributed by atoms with van der Waals surface area (Å²) in [4.78, 5) is 14.9. The zero-order valence-electron chi connectivity index (χ0n) is 30.5. The van der Waals surface area contributed by atoms with Gasteiger partial charge in [-0.15, -0.1) is 0 Å². The zero-order valence-corrected chi connectivity index (χ0v) is 30.5. The Labute approximate surface area is 316 Å². The number of aromatic nitrogens is 5. The van der Waals surface area contributed by atoms with E-state index >= 15 is 0 Å². The summed E-state index contributed by atoms with van der Waals surface area (Å²) >= 11 is 0. The molecular formula is C49H32N6. The van der Waals surface area contributed by atoms with E-state index in [9.17, 15) is 5.26 Å². The summed E-state index contributed by atoms with van der Waals surface area (Å²) in [7, 11) is 0. The van der Waals surface area contributed by atoms with Crippen LogP contribution in [0.5, 0.6) is 0 Å². The molecule has 6 nitrogen and oxygen atoms in total. The first-order valence-electron chi connectivity index (χ1n) is 18.5. The minimum Gasteiger partial charge on any atom is -0.308 e. The lowest BCUT2D eigenvalue weighted by atomic mass is 9.99. The van der Waals surface area contributed by atoms with E-state index in [1.54, 1.807) is 0 Å². The van der Waals surface area contributed by atoms with Gasteiger partial charge in [-0.05, 0) is 90.6 Å². The predicted octanol–water partition coefficient (Wildman–Crippen LogP) is 12.0. The van der Waals surface area contributed by atoms with Crippen molar-refractivity contribution in [3.63, 3.8) is 0 Å². The van der Waals surface area contributed by atoms with Crippen molar-refractivity contribution < 1.29 is 0 Å². The van der Waals surface area contributed by atoms with Crippen molar-refractivity contribution in [3.8, 4) is 34.0 Å². The van der Waals surface area contributed by atoms with Gasteiger partial charge in [-0.2, -0.15) is 5.26 Å². The molecule has 0 N–H and O–H groups in total. The van der Waals surface area contributed by atoms with Crippen molar-refractivity contribution in [2.75, 3.05) is 0 Å². The minimum absolute atomic E-state index is 0.550. The Morgan fingerprint density at radius 3 is 1.75 bits per heavy atom. The van der Waals surface area contributed by atoms with Gasteiger partial charge in [0, 0.05) is 32.3 Å². The molecule has 0 fully saturated rings. The topological polar surface area (TPSA) is 71.8 Å². The highest BCUT2D eigenvalue weighted by molar-refractivity contribution is 6.14. The van der Waals surface area contributed by atoms with Crippen LogP contribution in [-0.4, -0.2) is 23.9 Å². The average molecular weight is 705 g/mol. The molecule has 0 atom stereocenters. The van der Waals surface area contributed by atoms with Crippen LogP contribution in [0.15, 0.2) is 140 Å². The molecule has 7 aromatic carbocycles. The summed E-state index contributed by atoms with van der Waals surface area (Å²) in [6.45, 7) is 6.21. The van der Waals surface area contributed by atoms with Gasteiger partial charge in [0.2, 0.25) is 0 Å². The molecule has 0 radical (unpaired) electrons. The number of nitrogens with zero attached hydrogens (tertiary/aromatic N) is 6. The highest BCUT2D eigenvalue weighted by Crippen LogP contribution is 2.40. The molecule has 4 bridgehead atoms. The van der Waals surface area contributed by atoms with Gasteiger partial charge in [0.05, 0.1) is 38.8 Å². The Morgan fingerprint density at radius 2 is 1.04 bits per heavy atom. The summed E-state index contributed by atoms with van der Waals surface area (Å²) in [5, 5.41) is 17.3. The molecule has 0 saturated heterocycles. The standard InChI is InChI=1S/C49H32N6/c1-28-10-4-6-12-35(28)31-16-19-38-37-14-8-9-15-42(37)54(44(38)22-31)43-26-41-47(25-34(43)27-50)55-45-23-32(36-13-7-5-11-29(36)2)17-20-39(45)40-21-18-33(24-46(40)55)48-51-30(3)52-49(41)53-48/h4-26H,1-3H3. The van der Waals surface area contributed by atoms with Crippen molar-refractivity contribution in [1.29, 1.82) is 5.26 Å². The zero-order chi connectivity index (χ0) is 36.9. The van der Waals surface area contributed by atoms with E-state index in [2.05, 4.69) is 162 Å². The first kappa shape index (κ1) is 31.2. The van der Waals surface area contributed by atoms with Crippen LogP contribution in [-0.2, 0) is 0 Å². The third-order valence-electron chi connectivity index (χ3n) is 11.3. The third kappa shape index (κ3) is 4.57. The van der Waals surface area contributed by atoms with Crippen molar-refractivity contribution in [1.82, 2.24) is 23.9 Å². The van der Waals surface area contributed by atoms with E-state index in [4.69, 9.17) is 15.0 Å². The Balaban J connectivity index is 1.32. The summed E-state index contributed by atoms with van der Waals surface area (Å²) in [6.07, 6.45) is 0. The quantitative estimate of drug-likeness (QED) is 0.184. The number of aryl methyl sites for hydroxylation is 3. The summed E-state index contributed by atoms with van der Waals surface area (Å²) in [5.41, 5.74) is 14.5. The van der Waals surface area contributed by atoms with Crippen LogP contribution in [0.4, 0.5) is 0 Å². The number of nitriles is 1. The van der Waals surface area contributed by atoms with Crippen LogP contribution in [0.25, 0.3) is 99.1 Å². The molecule has 258 valence electrons. The van der Waals surface area contributed by atoms with Gasteiger partial charge >= 0.3 is 0 Å². The number of hydrogen-bond acceptors (Lipinski definition) is 4. The van der Waals surface area contributed by atoms with Gasteiger partial charge in [-0.25, -0.2) is 15.0 Å². The van der Waals surface area contributed by atoms with Crippen LogP contribution in [0.2, 0.25) is 0 Å². The van der Waals surface area contributed by atoms with E-state index in [1.807, 2.05) is 13.0 Å². The average Bonchev–Trinajstić information content (AvgIpc) is 3.72. The molecule has 0 aliphatic carbocycles. The number of fused-ring (bicyclic) bond motifs is 13. The molecule has 55 heavy (non-hydrogen) atoms. The van der Waals surface area contributed by atoms with Crippen molar-refractivity contribution in [2.24, 2.45) is 0 Å². The highest BCUT2D eigenvalue weighted by Gasteiger charge is 2.20. The first-order chi connectivity index (χ1) is 26.9. The largest absolute Gasteiger partial charge is 0.308 e. The highest BCUT2D eigenvalue weighted by atomic mass is 15.0. The maximum Gasteiger partial charge on any atom is 0.165 e. The number of rotatable bonds is 3. The fraction of sp³-hybridized carbons (Fsp3) is 0.0612. The minimum atomic E-state index is 0.550. The molecule has 0 unspecified atom stereocenters. The van der Waals surface area contributed by atoms with Crippen molar-refractivity contribution in [2.45, 2.75) is 20.8 Å². The fourth-order valence-electron chi connectivity index (χ4n) is 8.72. The normalized spacial score (nSPS) is 11.9. The first-order valence-corrected chi connectivity index (χ1v) is 18.5. The van der Waals surface area contributed by atoms with Crippen molar-refractivity contribution >= 4 is 71.2 Å². The van der Waals surface area contributed by atoms with Crippen LogP contribution in [0.3, 0.4) is 0 Å². The lowest BCUT2D eigenvalue weighted by molar-refractivity contribution is 1.07. The molecule has 0 saturated carbocycles. The molecule has 11 rings (SSSR count). The van der Waals surface area contributed by atoms with E-state index in [0.717, 1.165) is 76.7 Å². The number of benzene rings is 7. The number of para-hydroxylation sites is 1. The molecule has 4 aromatic heterocycles. The lowest BCUT2D eigenvalue weighted by Crippen LogP contribution is -2.00. The third-order valence-corrected chi connectivity index (χ3v) is 11.3. The lowest BCUT2D eigenvalue weighted by Gasteiger charge is -2.13. The summed E-state index contributed by atoms with van der Waals surface area (Å²) in [6, 6.07) is 52.0. The molecule has 0 spiro atoms. The Morgan fingerprint density at radius 1 is 0.473 bits per heavy atom. The Kier molecular flexibility index (Phi) is 6.56. The molecule has 0 aliphatic heterocycles.